The van der Waals surface area contributed by atoms with Gasteiger partial charge in [0.25, 0.3) is 0 Å². The number of nitrogens with zero attached hydrogens (tertiary/aromatic N) is 1. The van der Waals surface area contributed by atoms with Crippen LogP contribution in [0.15, 0.2) is 24.3 Å². The number of benzene rings is 1. The molecule has 0 bridgehead atoms. The number of methoxy groups -OCH3 is 1. The van der Waals surface area contributed by atoms with Gasteiger partial charge >= 0.3 is 0 Å². The third-order valence-electron chi connectivity index (χ3n) is 2.88. The van der Waals surface area contributed by atoms with Crippen LogP contribution in [0.1, 0.15) is 12.8 Å². The van der Waals surface area contributed by atoms with Gasteiger partial charge in [0.05, 0.1) is 6.61 Å². The maximum atomic E-state index is 5.55. The van der Waals surface area contributed by atoms with Gasteiger partial charge in [0.2, 0.25) is 0 Å². The smallest absolute Gasteiger partial charge is 0.0664 e. The summed E-state index contributed by atoms with van der Waals surface area (Å²) in [6.45, 7) is 1.43. The molecule has 0 heterocycles. The van der Waals surface area contributed by atoms with Gasteiger partial charge in [-0.05, 0) is 43.7 Å². The molecule has 0 saturated heterocycles. The second-order valence-electron chi connectivity index (χ2n) is 4.67. The van der Waals surface area contributed by atoms with Crippen LogP contribution < -0.4 is 16.0 Å². The molecule has 0 amide bonds. The van der Waals surface area contributed by atoms with E-state index in [9.17, 15) is 0 Å². The van der Waals surface area contributed by atoms with E-state index < -0.39 is 0 Å². The molecule has 1 aromatic rings. The van der Waals surface area contributed by atoms with Gasteiger partial charge in [0, 0.05) is 38.6 Å². The number of ether oxygens (including phenoxy) is 1. The Morgan fingerprint density at radius 3 is 2.44 bits per heavy atom. The first-order chi connectivity index (χ1) is 8.67. The van der Waals surface area contributed by atoms with Crippen LogP contribution in [0.25, 0.3) is 0 Å². The van der Waals surface area contributed by atoms with Gasteiger partial charge in [0.15, 0.2) is 0 Å². The zero-order valence-electron chi connectivity index (χ0n) is 11.6. The Labute approximate surface area is 110 Å². The lowest BCUT2D eigenvalue weighted by Crippen LogP contribution is -2.25. The number of hydrogen-bond acceptors (Lipinski definition) is 4. The van der Waals surface area contributed by atoms with Crippen LogP contribution in [-0.4, -0.2) is 40.4 Å². The molecule has 0 aliphatic carbocycles. The third-order valence-corrected chi connectivity index (χ3v) is 2.88. The zero-order valence-corrected chi connectivity index (χ0v) is 11.6. The normalized spacial score (nSPS) is 12.2. The average molecular weight is 251 g/mol. The molecule has 102 valence electrons. The summed E-state index contributed by atoms with van der Waals surface area (Å²) in [4.78, 5) is 2.09. The number of nitrogens with one attached hydrogen (secondary N) is 1. The Morgan fingerprint density at radius 2 is 1.94 bits per heavy atom. The maximum Gasteiger partial charge on any atom is 0.0664 e. The van der Waals surface area contributed by atoms with Crippen LogP contribution >= 0.6 is 0 Å². The van der Waals surface area contributed by atoms with Crippen LogP contribution in [0.2, 0.25) is 0 Å². The van der Waals surface area contributed by atoms with Crippen molar-refractivity contribution >= 4 is 11.4 Å². The molecule has 1 aromatic carbocycles. The minimum Gasteiger partial charge on any atom is -0.383 e. The number of hydrogen-bond donors (Lipinski definition) is 2. The topological polar surface area (TPSA) is 50.5 Å². The highest BCUT2D eigenvalue weighted by molar-refractivity contribution is 5.54. The molecular formula is C14H25N3O. The fourth-order valence-corrected chi connectivity index (χ4v) is 1.85. The van der Waals surface area contributed by atoms with E-state index in [2.05, 4.69) is 34.5 Å². The van der Waals surface area contributed by atoms with Gasteiger partial charge in [-0.3, -0.25) is 0 Å². The molecule has 0 aromatic heterocycles. The molecule has 0 fully saturated rings. The second-order valence-corrected chi connectivity index (χ2v) is 4.67. The molecule has 18 heavy (non-hydrogen) atoms. The Bertz CT molecular complexity index is 324. The highest BCUT2D eigenvalue weighted by atomic mass is 16.5. The van der Waals surface area contributed by atoms with E-state index in [1.54, 1.807) is 7.11 Å². The molecule has 1 atom stereocenters. The van der Waals surface area contributed by atoms with Crippen LogP contribution in [-0.2, 0) is 4.74 Å². The lowest BCUT2D eigenvalue weighted by atomic mass is 10.1. The van der Waals surface area contributed by atoms with Gasteiger partial charge in [-0.15, -0.1) is 0 Å². The van der Waals surface area contributed by atoms with Crippen LogP contribution in [0.3, 0.4) is 0 Å². The monoisotopic (exact) mass is 251 g/mol. The van der Waals surface area contributed by atoms with Gasteiger partial charge in [-0.25, -0.2) is 0 Å². The molecule has 0 radical (unpaired) electrons. The molecule has 1 rings (SSSR count). The molecule has 1 unspecified atom stereocenters. The largest absolute Gasteiger partial charge is 0.383 e. The summed E-state index contributed by atoms with van der Waals surface area (Å²) in [6.07, 6.45) is 2.04. The predicted octanol–water partition coefficient (Wildman–Crippen LogP) is 1.92. The van der Waals surface area contributed by atoms with Gasteiger partial charge in [0.1, 0.15) is 0 Å². The molecular weight excluding hydrogens is 226 g/mol. The Kier molecular flexibility index (Phi) is 6.54. The summed E-state index contributed by atoms with van der Waals surface area (Å²) in [5.74, 6) is 0. The Morgan fingerprint density at radius 1 is 1.28 bits per heavy atom. The summed E-state index contributed by atoms with van der Waals surface area (Å²) in [7, 11) is 5.81. The first-order valence-corrected chi connectivity index (χ1v) is 6.40. The molecule has 0 saturated carbocycles. The van der Waals surface area contributed by atoms with Crippen molar-refractivity contribution in [2.45, 2.75) is 18.9 Å². The molecule has 4 nitrogen and oxygen atoms in total. The lowest BCUT2D eigenvalue weighted by Gasteiger charge is -2.20. The van der Waals surface area contributed by atoms with E-state index in [1.807, 2.05) is 14.1 Å². The van der Waals surface area contributed by atoms with Crippen LogP contribution in [0, 0.1) is 0 Å². The lowest BCUT2D eigenvalue weighted by molar-refractivity contribution is 0.182. The predicted molar refractivity (Wildman–Crippen MR) is 78.3 cm³/mol. The van der Waals surface area contributed by atoms with Gasteiger partial charge < -0.3 is 20.7 Å². The van der Waals surface area contributed by atoms with E-state index in [4.69, 9.17) is 10.5 Å². The third kappa shape index (κ3) is 4.94. The summed E-state index contributed by atoms with van der Waals surface area (Å²) in [6, 6.07) is 8.73. The Balaban J connectivity index is 2.56. The van der Waals surface area contributed by atoms with Crippen molar-refractivity contribution in [3.8, 4) is 0 Å². The molecule has 0 aliphatic rings. The van der Waals surface area contributed by atoms with Crippen molar-refractivity contribution in [3.05, 3.63) is 24.3 Å². The summed E-state index contributed by atoms with van der Waals surface area (Å²) >= 11 is 0. The molecule has 0 spiro atoms. The fraction of sp³-hybridized carbons (Fsp3) is 0.571. The summed E-state index contributed by atoms with van der Waals surface area (Å²) in [5.41, 5.74) is 7.87. The minimum atomic E-state index is 0.323. The average Bonchev–Trinajstić information content (AvgIpc) is 2.37. The van der Waals surface area contributed by atoms with Crippen LogP contribution in [0.4, 0.5) is 11.4 Å². The molecule has 4 heteroatoms. The van der Waals surface area contributed by atoms with Gasteiger partial charge in [-0.1, -0.05) is 0 Å². The quantitative estimate of drug-likeness (QED) is 0.741. The van der Waals surface area contributed by atoms with Crippen molar-refractivity contribution in [2.75, 3.05) is 44.6 Å². The number of anilines is 2. The van der Waals surface area contributed by atoms with Gasteiger partial charge in [-0.2, -0.15) is 0 Å². The van der Waals surface area contributed by atoms with E-state index in [0.29, 0.717) is 12.6 Å². The standard InChI is InChI=1S/C14H25N3O/c1-17(2)14-8-6-12(7-9-14)16-13(11-18-3)5-4-10-15/h6-9,13,16H,4-5,10-11,15H2,1-3H3. The highest BCUT2D eigenvalue weighted by Crippen LogP contribution is 2.17. The number of rotatable bonds is 8. The zero-order chi connectivity index (χ0) is 13.4. The highest BCUT2D eigenvalue weighted by Gasteiger charge is 2.07. The molecule has 0 aliphatic heterocycles. The maximum absolute atomic E-state index is 5.55. The van der Waals surface area contributed by atoms with Crippen molar-refractivity contribution < 1.29 is 4.74 Å². The Hall–Kier alpha value is -1.26. The first kappa shape index (κ1) is 14.8. The van der Waals surface area contributed by atoms with Crippen molar-refractivity contribution in [1.82, 2.24) is 0 Å². The summed E-state index contributed by atoms with van der Waals surface area (Å²) < 4.78 is 5.22. The van der Waals surface area contributed by atoms with Crippen molar-refractivity contribution in [2.24, 2.45) is 5.73 Å². The van der Waals surface area contributed by atoms with E-state index in [1.165, 1.54) is 5.69 Å². The minimum absolute atomic E-state index is 0.323. The second kappa shape index (κ2) is 7.95. The number of nitrogens with two attached hydrogens (primary N) is 1. The van der Waals surface area contributed by atoms with E-state index in [-0.39, 0.29) is 0 Å². The SMILES string of the molecule is COCC(CCCN)Nc1ccc(N(C)C)cc1. The first-order valence-electron chi connectivity index (χ1n) is 6.40. The van der Waals surface area contributed by atoms with E-state index >= 15 is 0 Å². The molecule has 3 N–H and O–H groups in total. The van der Waals surface area contributed by atoms with Crippen molar-refractivity contribution in [3.63, 3.8) is 0 Å². The fourth-order valence-electron chi connectivity index (χ4n) is 1.85. The van der Waals surface area contributed by atoms with E-state index in [0.717, 1.165) is 25.1 Å². The van der Waals surface area contributed by atoms with Crippen molar-refractivity contribution in [1.29, 1.82) is 0 Å². The van der Waals surface area contributed by atoms with Crippen LogP contribution in [0.5, 0.6) is 0 Å². The summed E-state index contributed by atoms with van der Waals surface area (Å²) in [5, 5.41) is 3.48.